The molecule has 3 aromatic rings. The van der Waals surface area contributed by atoms with E-state index in [0.717, 1.165) is 16.8 Å². The summed E-state index contributed by atoms with van der Waals surface area (Å²) in [6, 6.07) is 15.9. The molecule has 1 heterocycles. The van der Waals surface area contributed by atoms with Crippen LogP contribution in [0.2, 0.25) is 0 Å². The van der Waals surface area contributed by atoms with Crippen molar-refractivity contribution in [2.45, 2.75) is 6.92 Å². The highest BCUT2D eigenvalue weighted by molar-refractivity contribution is 5.73. The first kappa shape index (κ1) is 12.4. The number of aryl methyl sites for hydroxylation is 1. The zero-order chi connectivity index (χ0) is 13.9. The fraction of sp³-hybridized carbons (Fsp3) is 0.125. The molecule has 4 nitrogen and oxygen atoms in total. The van der Waals surface area contributed by atoms with Crippen LogP contribution in [-0.4, -0.2) is 17.2 Å². The van der Waals surface area contributed by atoms with Crippen molar-refractivity contribution in [3.05, 3.63) is 54.1 Å². The summed E-state index contributed by atoms with van der Waals surface area (Å²) < 4.78 is 5.39. The molecule has 0 bridgehead atoms. The maximum Gasteiger partial charge on any atom is 0.260 e. The van der Waals surface area contributed by atoms with E-state index in [0.29, 0.717) is 11.7 Å². The van der Waals surface area contributed by atoms with Gasteiger partial charge in [0.05, 0.1) is 5.56 Å². The number of benzene rings is 2. The Morgan fingerprint density at radius 2 is 1.90 bits per heavy atom. The summed E-state index contributed by atoms with van der Waals surface area (Å²) >= 11 is 0. The summed E-state index contributed by atoms with van der Waals surface area (Å²) in [5.74, 6) is 1.13. The number of hydrogen-bond acceptors (Lipinski definition) is 4. The van der Waals surface area contributed by atoms with Gasteiger partial charge in [0.25, 0.3) is 5.89 Å². The average molecular weight is 265 g/mol. The fourth-order valence-electron chi connectivity index (χ4n) is 2.12. The third-order valence-corrected chi connectivity index (χ3v) is 3.13. The Morgan fingerprint density at radius 1 is 1.05 bits per heavy atom. The van der Waals surface area contributed by atoms with Crippen LogP contribution in [0.25, 0.3) is 22.8 Å². The van der Waals surface area contributed by atoms with Gasteiger partial charge in [-0.25, -0.2) is 0 Å². The SMILES string of the molecule is CNc1ccccc1-c1nc(-c2cccc(C)c2)no1. The molecule has 0 amide bonds. The second kappa shape index (κ2) is 5.17. The highest BCUT2D eigenvalue weighted by Gasteiger charge is 2.13. The Balaban J connectivity index is 2.02. The van der Waals surface area contributed by atoms with Gasteiger partial charge in [0.1, 0.15) is 0 Å². The molecule has 0 radical (unpaired) electrons. The molecule has 0 saturated carbocycles. The normalized spacial score (nSPS) is 10.5. The molecule has 0 aliphatic rings. The van der Waals surface area contributed by atoms with Gasteiger partial charge >= 0.3 is 0 Å². The molecule has 0 saturated heterocycles. The van der Waals surface area contributed by atoms with Crippen molar-refractivity contribution in [1.82, 2.24) is 10.1 Å². The van der Waals surface area contributed by atoms with Gasteiger partial charge in [0, 0.05) is 18.3 Å². The van der Waals surface area contributed by atoms with Gasteiger partial charge in [-0.2, -0.15) is 4.98 Å². The highest BCUT2D eigenvalue weighted by Crippen LogP contribution is 2.28. The number of rotatable bonds is 3. The molecule has 3 rings (SSSR count). The third-order valence-electron chi connectivity index (χ3n) is 3.13. The van der Waals surface area contributed by atoms with Gasteiger partial charge in [-0.1, -0.05) is 41.1 Å². The zero-order valence-corrected chi connectivity index (χ0v) is 11.4. The minimum absolute atomic E-state index is 0.520. The van der Waals surface area contributed by atoms with Crippen LogP contribution in [0.4, 0.5) is 5.69 Å². The Bertz CT molecular complexity index is 734. The van der Waals surface area contributed by atoms with Gasteiger partial charge in [-0.05, 0) is 25.1 Å². The van der Waals surface area contributed by atoms with Crippen LogP contribution >= 0.6 is 0 Å². The van der Waals surface area contributed by atoms with Crippen LogP contribution in [0.15, 0.2) is 53.1 Å². The van der Waals surface area contributed by atoms with Crippen LogP contribution in [-0.2, 0) is 0 Å². The third kappa shape index (κ3) is 2.28. The van der Waals surface area contributed by atoms with Crippen LogP contribution in [0.3, 0.4) is 0 Å². The van der Waals surface area contributed by atoms with Crippen LogP contribution < -0.4 is 5.32 Å². The Labute approximate surface area is 117 Å². The average Bonchev–Trinajstić information content (AvgIpc) is 2.97. The summed E-state index contributed by atoms with van der Waals surface area (Å²) in [5, 5.41) is 7.19. The molecule has 1 aromatic heterocycles. The minimum Gasteiger partial charge on any atom is -0.387 e. The molecule has 20 heavy (non-hydrogen) atoms. The van der Waals surface area contributed by atoms with Crippen molar-refractivity contribution >= 4 is 5.69 Å². The highest BCUT2D eigenvalue weighted by atomic mass is 16.5. The lowest BCUT2D eigenvalue weighted by molar-refractivity contribution is 0.432. The first-order valence-corrected chi connectivity index (χ1v) is 6.46. The molecular formula is C16H15N3O. The lowest BCUT2D eigenvalue weighted by Gasteiger charge is -2.03. The number of aromatic nitrogens is 2. The predicted molar refractivity (Wildman–Crippen MR) is 79.5 cm³/mol. The first-order chi connectivity index (χ1) is 9.78. The molecule has 0 atom stereocenters. The number of anilines is 1. The number of para-hydroxylation sites is 1. The molecule has 0 aliphatic carbocycles. The molecule has 2 aromatic carbocycles. The number of hydrogen-bond donors (Lipinski definition) is 1. The lowest BCUT2D eigenvalue weighted by Crippen LogP contribution is -1.91. The summed E-state index contributed by atoms with van der Waals surface area (Å²) in [4.78, 5) is 4.48. The van der Waals surface area contributed by atoms with Crippen molar-refractivity contribution in [2.75, 3.05) is 12.4 Å². The van der Waals surface area contributed by atoms with E-state index in [9.17, 15) is 0 Å². The van der Waals surface area contributed by atoms with Gasteiger partial charge in [0.15, 0.2) is 0 Å². The van der Waals surface area contributed by atoms with E-state index < -0.39 is 0 Å². The monoisotopic (exact) mass is 265 g/mol. The first-order valence-electron chi connectivity index (χ1n) is 6.46. The molecule has 0 aliphatic heterocycles. The Hall–Kier alpha value is -2.62. The summed E-state index contributed by atoms with van der Waals surface area (Å²) in [5.41, 5.74) is 4.00. The standard InChI is InChI=1S/C16H15N3O/c1-11-6-5-7-12(10-11)15-18-16(20-19-15)13-8-3-4-9-14(13)17-2/h3-10,17H,1-2H3. The predicted octanol–water partition coefficient (Wildman–Crippen LogP) is 3.75. The molecule has 100 valence electrons. The summed E-state index contributed by atoms with van der Waals surface area (Å²) in [6.07, 6.45) is 0. The molecule has 0 spiro atoms. The fourth-order valence-corrected chi connectivity index (χ4v) is 2.12. The van der Waals surface area contributed by atoms with E-state index >= 15 is 0 Å². The zero-order valence-electron chi connectivity index (χ0n) is 11.4. The van der Waals surface area contributed by atoms with Crippen molar-refractivity contribution in [2.24, 2.45) is 0 Å². The molecule has 1 N–H and O–H groups in total. The van der Waals surface area contributed by atoms with E-state index in [1.807, 2.05) is 62.5 Å². The second-order valence-corrected chi connectivity index (χ2v) is 4.59. The van der Waals surface area contributed by atoms with E-state index in [2.05, 4.69) is 15.5 Å². The molecule has 4 heteroatoms. The Morgan fingerprint density at radius 3 is 2.70 bits per heavy atom. The van der Waals surface area contributed by atoms with Crippen molar-refractivity contribution in [3.63, 3.8) is 0 Å². The minimum atomic E-state index is 0.520. The number of nitrogens with zero attached hydrogens (tertiary/aromatic N) is 2. The molecular weight excluding hydrogens is 250 g/mol. The van der Waals surface area contributed by atoms with E-state index in [4.69, 9.17) is 4.52 Å². The van der Waals surface area contributed by atoms with Crippen molar-refractivity contribution in [1.29, 1.82) is 0 Å². The van der Waals surface area contributed by atoms with Gasteiger partial charge in [0.2, 0.25) is 5.82 Å². The topological polar surface area (TPSA) is 51.0 Å². The summed E-state index contributed by atoms with van der Waals surface area (Å²) in [6.45, 7) is 2.04. The summed E-state index contributed by atoms with van der Waals surface area (Å²) in [7, 11) is 1.87. The Kier molecular flexibility index (Phi) is 3.21. The second-order valence-electron chi connectivity index (χ2n) is 4.59. The largest absolute Gasteiger partial charge is 0.387 e. The van der Waals surface area contributed by atoms with Gasteiger partial charge in [-0.3, -0.25) is 0 Å². The number of nitrogens with one attached hydrogen (secondary N) is 1. The van der Waals surface area contributed by atoms with Crippen LogP contribution in [0.5, 0.6) is 0 Å². The molecule has 0 fully saturated rings. The smallest absolute Gasteiger partial charge is 0.260 e. The lowest BCUT2D eigenvalue weighted by atomic mass is 10.1. The quantitative estimate of drug-likeness (QED) is 0.783. The molecule has 0 unspecified atom stereocenters. The maximum absolute atomic E-state index is 5.39. The van der Waals surface area contributed by atoms with E-state index in [-0.39, 0.29) is 0 Å². The van der Waals surface area contributed by atoms with Crippen LogP contribution in [0, 0.1) is 6.92 Å². The van der Waals surface area contributed by atoms with Crippen molar-refractivity contribution in [3.8, 4) is 22.8 Å². The van der Waals surface area contributed by atoms with Gasteiger partial charge in [-0.15, -0.1) is 0 Å². The van der Waals surface area contributed by atoms with E-state index in [1.54, 1.807) is 0 Å². The van der Waals surface area contributed by atoms with Gasteiger partial charge < -0.3 is 9.84 Å². The van der Waals surface area contributed by atoms with Crippen molar-refractivity contribution < 1.29 is 4.52 Å². The van der Waals surface area contributed by atoms with E-state index in [1.165, 1.54) is 5.56 Å². The van der Waals surface area contributed by atoms with Crippen LogP contribution in [0.1, 0.15) is 5.56 Å². The maximum atomic E-state index is 5.39.